The van der Waals surface area contributed by atoms with Crippen molar-refractivity contribution >= 4 is 29.4 Å². The van der Waals surface area contributed by atoms with E-state index < -0.39 is 0 Å². The molecular weight excluding hydrogens is 248 g/mol. The van der Waals surface area contributed by atoms with E-state index in [4.69, 9.17) is 4.74 Å². The van der Waals surface area contributed by atoms with E-state index in [-0.39, 0.29) is 6.09 Å². The molecule has 1 aromatic rings. The first-order valence-corrected chi connectivity index (χ1v) is 6.56. The van der Waals surface area contributed by atoms with Crippen LogP contribution in [0.2, 0.25) is 0 Å². The fourth-order valence-corrected chi connectivity index (χ4v) is 2.53. The third-order valence-corrected chi connectivity index (χ3v) is 3.46. The van der Waals surface area contributed by atoms with Crippen LogP contribution in [0.5, 0.6) is 0 Å². The number of benzene rings is 1. The summed E-state index contributed by atoms with van der Waals surface area (Å²) in [7, 11) is 0. The van der Waals surface area contributed by atoms with Crippen molar-refractivity contribution in [2.24, 2.45) is 0 Å². The van der Waals surface area contributed by atoms with Crippen molar-refractivity contribution in [2.45, 2.75) is 0 Å². The highest BCUT2D eigenvalue weighted by atomic mass is 32.2. The van der Waals surface area contributed by atoms with Gasteiger partial charge in [-0.05, 0) is 29.5 Å². The van der Waals surface area contributed by atoms with Gasteiger partial charge in [-0.2, -0.15) is 0 Å². The molecule has 2 heterocycles. The summed E-state index contributed by atoms with van der Waals surface area (Å²) in [6.45, 7) is 1.06. The second-order valence-corrected chi connectivity index (χ2v) is 4.62. The molecule has 1 fully saturated rings. The summed E-state index contributed by atoms with van der Waals surface area (Å²) in [5, 5.41) is 1.97. The van der Waals surface area contributed by atoms with Crippen molar-refractivity contribution in [1.29, 1.82) is 0 Å². The van der Waals surface area contributed by atoms with Crippen LogP contribution in [0.3, 0.4) is 0 Å². The molecule has 0 atom stereocenters. The Hall–Kier alpha value is -1.88. The number of carbonyl (C=O) groups excluding carboxylic acids is 1. The Morgan fingerprint density at radius 1 is 1.33 bits per heavy atom. The Morgan fingerprint density at radius 3 is 2.94 bits per heavy atom. The van der Waals surface area contributed by atoms with Crippen LogP contribution in [0.15, 0.2) is 41.8 Å². The van der Waals surface area contributed by atoms with Gasteiger partial charge in [0, 0.05) is 5.56 Å². The van der Waals surface area contributed by atoms with Gasteiger partial charge >= 0.3 is 6.09 Å². The first-order valence-electron chi connectivity index (χ1n) is 5.68. The van der Waals surface area contributed by atoms with E-state index in [1.54, 1.807) is 4.90 Å². The maximum atomic E-state index is 11.7. The smallest absolute Gasteiger partial charge is 0.414 e. The van der Waals surface area contributed by atoms with Gasteiger partial charge in [0.05, 0.1) is 17.9 Å². The van der Waals surface area contributed by atoms with E-state index in [0.29, 0.717) is 13.2 Å². The Labute approximate surface area is 109 Å². The van der Waals surface area contributed by atoms with Crippen molar-refractivity contribution in [3.8, 4) is 0 Å². The van der Waals surface area contributed by atoms with Crippen LogP contribution in [-0.2, 0) is 4.74 Å². The molecule has 2 aliphatic heterocycles. The van der Waals surface area contributed by atoms with Crippen molar-refractivity contribution < 1.29 is 9.53 Å². The Balaban J connectivity index is 2.02. The third kappa shape index (κ3) is 1.97. The van der Waals surface area contributed by atoms with Gasteiger partial charge in [0.2, 0.25) is 0 Å². The van der Waals surface area contributed by atoms with Crippen molar-refractivity contribution in [1.82, 2.24) is 4.72 Å². The molecule has 3 rings (SSSR count). The average Bonchev–Trinajstić information content (AvgIpc) is 2.86. The van der Waals surface area contributed by atoms with Crippen LogP contribution in [0.4, 0.5) is 10.5 Å². The van der Waals surface area contributed by atoms with E-state index in [0.717, 1.165) is 16.9 Å². The molecular formula is C13H12N2O2S. The zero-order valence-electron chi connectivity index (χ0n) is 9.63. The second-order valence-electron chi connectivity index (χ2n) is 3.91. The minimum Gasteiger partial charge on any atom is -0.447 e. The maximum absolute atomic E-state index is 11.7. The highest BCUT2D eigenvalue weighted by Crippen LogP contribution is 2.30. The lowest BCUT2D eigenvalue weighted by molar-refractivity contribution is 0.181. The lowest BCUT2D eigenvalue weighted by Crippen LogP contribution is -2.25. The van der Waals surface area contributed by atoms with E-state index in [9.17, 15) is 4.79 Å². The largest absolute Gasteiger partial charge is 0.447 e. The number of ether oxygens (including phenoxy) is 1. The molecule has 92 valence electrons. The molecule has 0 unspecified atom stereocenters. The number of anilines is 1. The highest BCUT2D eigenvalue weighted by Gasteiger charge is 2.26. The molecule has 1 saturated heterocycles. The van der Waals surface area contributed by atoms with Crippen molar-refractivity contribution in [2.75, 3.05) is 18.1 Å². The zero-order chi connectivity index (χ0) is 12.4. The summed E-state index contributed by atoms with van der Waals surface area (Å²) in [6.07, 6.45) is 3.70. The SMILES string of the molecule is O=C1OCCN1c1ccccc1C1=CC=CSN1. The van der Waals surface area contributed by atoms with E-state index in [2.05, 4.69) is 4.72 Å². The summed E-state index contributed by atoms with van der Waals surface area (Å²) in [4.78, 5) is 13.3. The molecule has 1 amide bonds. The lowest BCUT2D eigenvalue weighted by Gasteiger charge is -2.20. The molecule has 0 bridgehead atoms. The number of nitrogens with one attached hydrogen (secondary N) is 1. The maximum Gasteiger partial charge on any atom is 0.414 e. The molecule has 0 radical (unpaired) electrons. The molecule has 1 aromatic carbocycles. The zero-order valence-corrected chi connectivity index (χ0v) is 10.4. The monoisotopic (exact) mass is 260 g/mol. The lowest BCUT2D eigenvalue weighted by atomic mass is 10.1. The molecule has 1 N–H and O–H groups in total. The fourth-order valence-electron chi connectivity index (χ4n) is 2.00. The molecule has 4 nitrogen and oxygen atoms in total. The normalized spacial score (nSPS) is 18.3. The van der Waals surface area contributed by atoms with Crippen LogP contribution in [0.1, 0.15) is 5.56 Å². The van der Waals surface area contributed by atoms with Crippen LogP contribution < -0.4 is 9.62 Å². The number of rotatable bonds is 2. The number of amides is 1. The first kappa shape index (κ1) is 11.2. The molecule has 18 heavy (non-hydrogen) atoms. The summed E-state index contributed by atoms with van der Waals surface area (Å²) in [6, 6.07) is 7.83. The Bertz CT molecular complexity index is 540. The van der Waals surface area contributed by atoms with Gasteiger partial charge in [-0.3, -0.25) is 4.90 Å². The van der Waals surface area contributed by atoms with Crippen LogP contribution >= 0.6 is 11.9 Å². The van der Waals surface area contributed by atoms with Crippen molar-refractivity contribution in [3.63, 3.8) is 0 Å². The van der Waals surface area contributed by atoms with Gasteiger partial charge in [-0.15, -0.1) is 0 Å². The minimum atomic E-state index is -0.276. The van der Waals surface area contributed by atoms with Gasteiger partial charge in [-0.25, -0.2) is 4.79 Å². The number of para-hydroxylation sites is 1. The van der Waals surface area contributed by atoms with Crippen LogP contribution in [0.25, 0.3) is 5.70 Å². The van der Waals surface area contributed by atoms with E-state index in [1.165, 1.54) is 11.9 Å². The van der Waals surface area contributed by atoms with Gasteiger partial charge in [0.1, 0.15) is 6.61 Å². The number of cyclic esters (lactones) is 1. The molecule has 0 aliphatic carbocycles. The number of nitrogens with zero attached hydrogens (tertiary/aromatic N) is 1. The third-order valence-electron chi connectivity index (χ3n) is 2.82. The second kappa shape index (κ2) is 4.78. The number of allylic oxidation sites excluding steroid dienone is 2. The molecule has 5 heteroatoms. The average molecular weight is 260 g/mol. The topological polar surface area (TPSA) is 41.6 Å². The summed E-state index contributed by atoms with van der Waals surface area (Å²) >= 11 is 1.52. The fraction of sp³-hybridized carbons (Fsp3) is 0.154. The van der Waals surface area contributed by atoms with E-state index >= 15 is 0 Å². The number of hydrogen-bond donors (Lipinski definition) is 1. The van der Waals surface area contributed by atoms with Crippen molar-refractivity contribution in [3.05, 3.63) is 47.4 Å². The summed E-state index contributed by atoms with van der Waals surface area (Å²) in [5.74, 6) is 0. The quantitative estimate of drug-likeness (QED) is 0.830. The van der Waals surface area contributed by atoms with Gasteiger partial charge in [-0.1, -0.05) is 24.3 Å². The molecule has 0 spiro atoms. The standard InChI is InChI=1S/C13H12N2O2S/c16-13-15(7-8-17-13)12-6-2-1-4-10(12)11-5-3-9-18-14-11/h1-6,9,14H,7-8H2. The number of hydrogen-bond acceptors (Lipinski definition) is 4. The summed E-state index contributed by atoms with van der Waals surface area (Å²) < 4.78 is 8.22. The summed E-state index contributed by atoms with van der Waals surface area (Å²) in [5.41, 5.74) is 2.89. The van der Waals surface area contributed by atoms with Gasteiger partial charge in [0.25, 0.3) is 0 Å². The first-order chi connectivity index (χ1) is 8.86. The minimum absolute atomic E-state index is 0.276. The highest BCUT2D eigenvalue weighted by molar-refractivity contribution is 8.00. The predicted molar refractivity (Wildman–Crippen MR) is 73.0 cm³/mol. The van der Waals surface area contributed by atoms with Crippen LogP contribution in [-0.4, -0.2) is 19.2 Å². The molecule has 0 saturated carbocycles. The van der Waals surface area contributed by atoms with Gasteiger partial charge < -0.3 is 9.46 Å². The van der Waals surface area contributed by atoms with Gasteiger partial charge in [0.15, 0.2) is 0 Å². The van der Waals surface area contributed by atoms with E-state index in [1.807, 2.05) is 41.8 Å². The Morgan fingerprint density at radius 2 is 2.22 bits per heavy atom. The molecule has 2 aliphatic rings. The molecule has 0 aromatic heterocycles. The Kier molecular flexibility index (Phi) is 2.98. The number of carbonyl (C=O) groups is 1. The van der Waals surface area contributed by atoms with Crippen LogP contribution in [0, 0.1) is 0 Å². The predicted octanol–water partition coefficient (Wildman–Crippen LogP) is 2.75.